The van der Waals surface area contributed by atoms with Gasteiger partial charge in [-0.3, -0.25) is 24.6 Å². The number of hydrogen-bond donors (Lipinski definition) is 1. The minimum absolute atomic E-state index is 0.00798. The molecule has 1 aromatic carbocycles. The number of amides is 2. The van der Waals surface area contributed by atoms with Crippen molar-refractivity contribution >= 4 is 29.4 Å². The quantitative estimate of drug-likeness (QED) is 0.198. The number of fused-ring (bicyclic) bond motifs is 1. The second-order valence-corrected chi connectivity index (χ2v) is 10.0. The van der Waals surface area contributed by atoms with Crippen molar-refractivity contribution in [1.82, 2.24) is 15.1 Å². The van der Waals surface area contributed by atoms with Crippen molar-refractivity contribution in [3.63, 3.8) is 0 Å². The molecule has 2 fully saturated rings. The number of rotatable bonds is 7. The van der Waals surface area contributed by atoms with Crippen molar-refractivity contribution in [3.05, 3.63) is 51.2 Å². The van der Waals surface area contributed by atoms with Crippen molar-refractivity contribution in [3.8, 4) is 0 Å². The summed E-state index contributed by atoms with van der Waals surface area (Å²) in [5.74, 6) is -2.35. The number of esters is 2. The molecule has 0 spiro atoms. The van der Waals surface area contributed by atoms with Crippen molar-refractivity contribution < 1.29 is 28.8 Å². The second kappa shape index (κ2) is 9.81. The molecule has 192 valence electrons. The lowest BCUT2D eigenvalue weighted by Crippen LogP contribution is -2.62. The number of nitro benzene ring substituents is 1. The van der Waals surface area contributed by atoms with Gasteiger partial charge in [0, 0.05) is 50.7 Å². The Morgan fingerprint density at radius 1 is 1.19 bits per heavy atom. The Balaban J connectivity index is 1.57. The molecule has 1 N–H and O–H groups in total. The lowest BCUT2D eigenvalue weighted by atomic mass is 9.74. The van der Waals surface area contributed by atoms with Crippen LogP contribution < -0.4 is 5.32 Å². The first-order valence-corrected chi connectivity index (χ1v) is 12.1. The first-order chi connectivity index (χ1) is 17.0. The van der Waals surface area contributed by atoms with Gasteiger partial charge in [-0.05, 0) is 30.0 Å². The number of nitrogens with zero attached hydrogens (tertiary/aromatic N) is 3. The van der Waals surface area contributed by atoms with E-state index in [0.29, 0.717) is 13.1 Å². The Bertz CT molecular complexity index is 1140. The molecule has 0 unspecified atom stereocenters. The van der Waals surface area contributed by atoms with Crippen LogP contribution in [0.25, 0.3) is 0 Å². The highest BCUT2D eigenvalue weighted by Crippen LogP contribution is 2.49. The first kappa shape index (κ1) is 25.5. The van der Waals surface area contributed by atoms with E-state index in [0.717, 1.165) is 30.7 Å². The SMILES string of the molecule is CC(=O)N[C@H]1CCN(CC2=C(C(=O)OC(=O)c3ccc([N+](=O)[O-])cc3)N3C(=O)[C@H](C(C)C)[C@H]3[C@H]2C)C1. The highest BCUT2D eigenvalue weighted by atomic mass is 16.6. The van der Waals surface area contributed by atoms with Gasteiger partial charge in [-0.1, -0.05) is 20.8 Å². The van der Waals surface area contributed by atoms with E-state index in [1.807, 2.05) is 20.8 Å². The smallest absolute Gasteiger partial charge is 0.362 e. The van der Waals surface area contributed by atoms with Crippen molar-refractivity contribution in [2.24, 2.45) is 17.8 Å². The molecule has 1 aromatic rings. The van der Waals surface area contributed by atoms with Gasteiger partial charge in [-0.25, -0.2) is 9.59 Å². The molecule has 4 atom stereocenters. The van der Waals surface area contributed by atoms with Crippen molar-refractivity contribution in [1.29, 1.82) is 0 Å². The third-order valence-corrected chi connectivity index (χ3v) is 7.28. The summed E-state index contributed by atoms with van der Waals surface area (Å²) in [6.45, 7) is 9.15. The molecule has 0 aliphatic carbocycles. The van der Waals surface area contributed by atoms with Crippen LogP contribution in [0.3, 0.4) is 0 Å². The van der Waals surface area contributed by atoms with E-state index in [4.69, 9.17) is 4.74 Å². The molecule has 0 saturated carbocycles. The number of carbonyl (C=O) groups is 4. The summed E-state index contributed by atoms with van der Waals surface area (Å²) in [4.78, 5) is 64.3. The summed E-state index contributed by atoms with van der Waals surface area (Å²) in [5, 5.41) is 13.8. The van der Waals surface area contributed by atoms with Gasteiger partial charge in [0.25, 0.3) is 5.69 Å². The Hall–Kier alpha value is -3.60. The summed E-state index contributed by atoms with van der Waals surface area (Å²) < 4.78 is 5.16. The maximum atomic E-state index is 13.3. The summed E-state index contributed by atoms with van der Waals surface area (Å²) in [7, 11) is 0. The third-order valence-electron chi connectivity index (χ3n) is 7.28. The van der Waals surface area contributed by atoms with E-state index >= 15 is 0 Å². The molecule has 36 heavy (non-hydrogen) atoms. The van der Waals surface area contributed by atoms with E-state index in [1.54, 1.807) is 0 Å². The van der Waals surface area contributed by atoms with Crippen molar-refractivity contribution in [2.75, 3.05) is 19.6 Å². The van der Waals surface area contributed by atoms with E-state index in [9.17, 15) is 29.3 Å². The highest BCUT2D eigenvalue weighted by Gasteiger charge is 2.59. The number of benzene rings is 1. The minimum Gasteiger partial charge on any atom is -0.385 e. The Labute approximate surface area is 208 Å². The molecule has 0 radical (unpaired) electrons. The molecule has 3 heterocycles. The van der Waals surface area contributed by atoms with Gasteiger partial charge < -0.3 is 15.0 Å². The van der Waals surface area contributed by atoms with E-state index < -0.39 is 16.9 Å². The number of β-lactam (4-membered cyclic amide) rings is 1. The third kappa shape index (κ3) is 4.62. The maximum absolute atomic E-state index is 13.3. The topological polar surface area (TPSA) is 139 Å². The standard InChI is InChI=1S/C25H30N4O7/c1-13(2)20-21-14(3)19(12-27-10-9-17(11-27)26-15(4)30)22(28(21)23(20)31)25(33)36-24(32)16-5-7-18(8-6-16)29(34)35/h5-8,13-14,17,20-21H,9-12H2,1-4H3,(H,26,30)/t14-,17-,20+,21+/m0/s1. The summed E-state index contributed by atoms with van der Waals surface area (Å²) in [6, 6.07) is 4.59. The van der Waals surface area contributed by atoms with Gasteiger partial charge in [-0.15, -0.1) is 0 Å². The number of likely N-dealkylation sites (tertiary alicyclic amines) is 1. The van der Waals surface area contributed by atoms with Crippen LogP contribution in [0.5, 0.6) is 0 Å². The van der Waals surface area contributed by atoms with Gasteiger partial charge >= 0.3 is 11.9 Å². The van der Waals surface area contributed by atoms with Crippen LogP contribution in [-0.4, -0.2) is 70.2 Å². The van der Waals surface area contributed by atoms with Crippen LogP contribution in [0.4, 0.5) is 5.69 Å². The molecule has 0 aromatic heterocycles. The average molecular weight is 499 g/mol. The zero-order valence-electron chi connectivity index (χ0n) is 20.7. The van der Waals surface area contributed by atoms with E-state index in [2.05, 4.69) is 10.2 Å². The van der Waals surface area contributed by atoms with Gasteiger partial charge in [0.2, 0.25) is 11.8 Å². The molecule has 2 saturated heterocycles. The van der Waals surface area contributed by atoms with Crippen LogP contribution >= 0.6 is 0 Å². The number of non-ortho nitro benzene ring substituents is 1. The summed E-state index contributed by atoms with van der Waals surface area (Å²) in [5.41, 5.74) is 0.643. The lowest BCUT2D eigenvalue weighted by molar-refractivity contribution is -0.384. The van der Waals surface area contributed by atoms with Crippen LogP contribution in [0.2, 0.25) is 0 Å². The largest absolute Gasteiger partial charge is 0.385 e. The van der Waals surface area contributed by atoms with Crippen LogP contribution in [0.15, 0.2) is 35.5 Å². The molecule has 3 aliphatic rings. The van der Waals surface area contributed by atoms with Gasteiger partial charge in [0.15, 0.2) is 0 Å². The predicted octanol–water partition coefficient (Wildman–Crippen LogP) is 1.88. The minimum atomic E-state index is -0.946. The van der Waals surface area contributed by atoms with Crippen LogP contribution in [-0.2, 0) is 19.1 Å². The predicted molar refractivity (Wildman–Crippen MR) is 127 cm³/mol. The van der Waals surface area contributed by atoms with E-state index in [-0.39, 0.29) is 58.6 Å². The number of ether oxygens (including phenoxy) is 1. The zero-order valence-corrected chi connectivity index (χ0v) is 20.7. The molecule has 11 heteroatoms. The van der Waals surface area contributed by atoms with Gasteiger partial charge in [-0.2, -0.15) is 0 Å². The first-order valence-electron chi connectivity index (χ1n) is 12.1. The molecule has 11 nitrogen and oxygen atoms in total. The van der Waals surface area contributed by atoms with E-state index in [1.165, 1.54) is 24.0 Å². The fraction of sp³-hybridized carbons (Fsp3) is 0.520. The van der Waals surface area contributed by atoms with Crippen molar-refractivity contribution in [2.45, 2.75) is 46.2 Å². The molecule has 2 amide bonds. The fourth-order valence-electron chi connectivity index (χ4n) is 5.56. The maximum Gasteiger partial charge on any atom is 0.362 e. The highest BCUT2D eigenvalue weighted by molar-refractivity contribution is 6.06. The van der Waals surface area contributed by atoms with Gasteiger partial charge in [0.1, 0.15) is 5.70 Å². The molecule has 4 rings (SSSR count). The number of carbonyl (C=O) groups excluding carboxylic acids is 4. The molecule has 3 aliphatic heterocycles. The normalized spacial score (nSPS) is 25.6. The summed E-state index contributed by atoms with van der Waals surface area (Å²) >= 11 is 0. The van der Waals surface area contributed by atoms with Crippen LogP contribution in [0.1, 0.15) is 44.5 Å². The number of hydrogen-bond acceptors (Lipinski definition) is 8. The fourth-order valence-corrected chi connectivity index (χ4v) is 5.56. The number of nitro groups is 1. The second-order valence-electron chi connectivity index (χ2n) is 10.0. The monoisotopic (exact) mass is 498 g/mol. The van der Waals surface area contributed by atoms with Crippen LogP contribution in [0, 0.1) is 27.9 Å². The molecular weight excluding hydrogens is 468 g/mol. The number of nitrogens with one attached hydrogen (secondary N) is 1. The summed E-state index contributed by atoms with van der Waals surface area (Å²) in [6.07, 6.45) is 0.778. The lowest BCUT2D eigenvalue weighted by Gasteiger charge is -2.47. The average Bonchev–Trinajstić information content (AvgIpc) is 3.33. The Morgan fingerprint density at radius 3 is 2.44 bits per heavy atom. The van der Waals surface area contributed by atoms with Gasteiger partial charge in [0.05, 0.1) is 22.4 Å². The zero-order chi connectivity index (χ0) is 26.3. The molecular formula is C25H30N4O7. The molecule has 0 bridgehead atoms. The Morgan fingerprint density at radius 2 is 1.86 bits per heavy atom. The Kier molecular flexibility index (Phi) is 6.94.